The molecule has 0 fully saturated rings. The van der Waals surface area contributed by atoms with E-state index in [2.05, 4.69) is 15.6 Å². The molecule has 0 spiro atoms. The quantitative estimate of drug-likeness (QED) is 0.184. The summed E-state index contributed by atoms with van der Waals surface area (Å²) in [5.74, 6) is 1.02. The SMILES string of the molecule is COc1ccc(CCNC(=O)CCn2c(SCC(=O)NCc3ccc(C)cc3)nc3ccccc3c2=O)cc1OC. The van der Waals surface area contributed by atoms with Gasteiger partial charge < -0.3 is 20.1 Å². The standard InChI is InChI=1S/C31H34N4O5S/c1-21-8-10-23(11-9-21)19-33-29(37)20-41-31-34-25-7-5-4-6-24(25)30(38)35(31)17-15-28(36)32-16-14-22-12-13-26(39-2)27(18-22)40-3/h4-13,18H,14-17,19-20H2,1-3H3,(H,32,36)(H,33,37). The Morgan fingerprint density at radius 1 is 0.902 bits per heavy atom. The third-order valence-electron chi connectivity index (χ3n) is 6.52. The van der Waals surface area contributed by atoms with Crippen LogP contribution in [0, 0.1) is 6.92 Å². The van der Waals surface area contributed by atoms with Gasteiger partial charge in [0, 0.05) is 26.1 Å². The molecule has 0 aliphatic carbocycles. The largest absolute Gasteiger partial charge is 0.493 e. The number of benzene rings is 3. The van der Waals surface area contributed by atoms with Crippen LogP contribution in [-0.4, -0.2) is 47.9 Å². The predicted octanol–water partition coefficient (Wildman–Crippen LogP) is 3.88. The number of ether oxygens (including phenoxy) is 2. The highest BCUT2D eigenvalue weighted by Gasteiger charge is 2.15. The Labute approximate surface area is 243 Å². The number of aromatic nitrogens is 2. The van der Waals surface area contributed by atoms with Gasteiger partial charge in [-0.05, 0) is 48.7 Å². The van der Waals surface area contributed by atoms with Gasteiger partial charge in [-0.3, -0.25) is 19.0 Å². The van der Waals surface area contributed by atoms with Crippen molar-refractivity contribution in [2.45, 2.75) is 38.0 Å². The van der Waals surface area contributed by atoms with Gasteiger partial charge >= 0.3 is 0 Å². The number of nitrogens with zero attached hydrogens (tertiary/aromatic N) is 2. The van der Waals surface area contributed by atoms with Gasteiger partial charge in [0.05, 0.1) is 30.9 Å². The first-order valence-corrected chi connectivity index (χ1v) is 14.3. The van der Waals surface area contributed by atoms with Gasteiger partial charge in [-0.2, -0.15) is 0 Å². The molecule has 0 atom stereocenters. The van der Waals surface area contributed by atoms with Crippen molar-refractivity contribution in [3.8, 4) is 11.5 Å². The van der Waals surface area contributed by atoms with Gasteiger partial charge in [0.15, 0.2) is 16.7 Å². The zero-order valence-electron chi connectivity index (χ0n) is 23.4. The summed E-state index contributed by atoms with van der Waals surface area (Å²) in [5, 5.41) is 6.69. The summed E-state index contributed by atoms with van der Waals surface area (Å²) < 4.78 is 12.1. The minimum absolute atomic E-state index is 0.0914. The zero-order valence-corrected chi connectivity index (χ0v) is 24.3. The summed E-state index contributed by atoms with van der Waals surface area (Å²) in [6.45, 7) is 3.01. The first-order chi connectivity index (χ1) is 19.9. The minimum atomic E-state index is -0.240. The molecule has 0 aliphatic rings. The lowest BCUT2D eigenvalue weighted by Crippen LogP contribution is -2.30. The van der Waals surface area contributed by atoms with Crippen molar-refractivity contribution in [3.05, 3.63) is 93.8 Å². The Balaban J connectivity index is 1.36. The monoisotopic (exact) mass is 574 g/mol. The molecule has 2 amide bonds. The molecule has 4 aromatic rings. The average molecular weight is 575 g/mol. The molecule has 9 nitrogen and oxygen atoms in total. The van der Waals surface area contributed by atoms with E-state index < -0.39 is 0 Å². The summed E-state index contributed by atoms with van der Waals surface area (Å²) in [7, 11) is 3.16. The van der Waals surface area contributed by atoms with Crippen LogP contribution < -0.4 is 25.7 Å². The zero-order chi connectivity index (χ0) is 29.2. The number of hydrogen-bond donors (Lipinski definition) is 2. The Morgan fingerprint density at radius 2 is 1.63 bits per heavy atom. The summed E-state index contributed by atoms with van der Waals surface area (Å²) in [6, 6.07) is 20.7. The van der Waals surface area contributed by atoms with Crippen molar-refractivity contribution in [2.75, 3.05) is 26.5 Å². The van der Waals surface area contributed by atoms with Crippen LogP contribution in [0.1, 0.15) is 23.1 Å². The van der Waals surface area contributed by atoms with Gasteiger partial charge in [0.25, 0.3) is 5.56 Å². The topological polar surface area (TPSA) is 112 Å². The van der Waals surface area contributed by atoms with E-state index in [0.29, 0.717) is 47.1 Å². The second kappa shape index (κ2) is 14.4. The van der Waals surface area contributed by atoms with Gasteiger partial charge in [0.2, 0.25) is 11.8 Å². The third kappa shape index (κ3) is 8.11. The maximum absolute atomic E-state index is 13.3. The maximum Gasteiger partial charge on any atom is 0.262 e. The summed E-state index contributed by atoms with van der Waals surface area (Å²) in [6.07, 6.45) is 0.710. The Morgan fingerprint density at radius 3 is 2.39 bits per heavy atom. The van der Waals surface area contributed by atoms with E-state index in [1.807, 2.05) is 55.5 Å². The lowest BCUT2D eigenvalue weighted by molar-refractivity contribution is -0.121. The fraction of sp³-hybridized carbons (Fsp3) is 0.290. The molecule has 3 aromatic carbocycles. The molecule has 41 heavy (non-hydrogen) atoms. The number of carbonyl (C=O) groups excluding carboxylic acids is 2. The van der Waals surface area contributed by atoms with Crippen LogP contribution in [0.15, 0.2) is 76.7 Å². The number of thioether (sulfide) groups is 1. The summed E-state index contributed by atoms with van der Waals surface area (Å²) in [5.41, 5.74) is 3.47. The smallest absolute Gasteiger partial charge is 0.262 e. The van der Waals surface area contributed by atoms with Crippen LogP contribution in [0.3, 0.4) is 0 Å². The molecule has 1 aromatic heterocycles. The van der Waals surface area contributed by atoms with E-state index in [9.17, 15) is 14.4 Å². The molecule has 10 heteroatoms. The normalized spacial score (nSPS) is 10.8. The minimum Gasteiger partial charge on any atom is -0.493 e. The van der Waals surface area contributed by atoms with Crippen LogP contribution in [0.4, 0.5) is 0 Å². The molecular weight excluding hydrogens is 540 g/mol. The predicted molar refractivity (Wildman–Crippen MR) is 161 cm³/mol. The van der Waals surface area contributed by atoms with Crippen LogP contribution in [0.2, 0.25) is 0 Å². The number of rotatable bonds is 13. The van der Waals surface area contributed by atoms with E-state index in [-0.39, 0.29) is 36.1 Å². The Hall–Kier alpha value is -4.31. The molecular formula is C31H34N4O5S. The molecule has 0 aliphatic heterocycles. The van der Waals surface area contributed by atoms with Crippen molar-refractivity contribution >= 4 is 34.5 Å². The van der Waals surface area contributed by atoms with Gasteiger partial charge in [0.1, 0.15) is 0 Å². The van der Waals surface area contributed by atoms with Gasteiger partial charge in [-0.25, -0.2) is 4.98 Å². The van der Waals surface area contributed by atoms with E-state index in [1.54, 1.807) is 32.4 Å². The molecule has 1 heterocycles. The van der Waals surface area contributed by atoms with Crippen LogP contribution >= 0.6 is 11.8 Å². The van der Waals surface area contributed by atoms with Crippen LogP contribution in [0.5, 0.6) is 11.5 Å². The summed E-state index contributed by atoms with van der Waals surface area (Å²) in [4.78, 5) is 43.2. The number of methoxy groups -OCH3 is 2. The van der Waals surface area contributed by atoms with E-state index in [1.165, 1.54) is 16.3 Å². The fourth-order valence-corrected chi connectivity index (χ4v) is 5.08. The Kier molecular flexibility index (Phi) is 10.4. The van der Waals surface area contributed by atoms with Gasteiger partial charge in [-0.15, -0.1) is 0 Å². The first kappa shape index (κ1) is 29.7. The third-order valence-corrected chi connectivity index (χ3v) is 7.49. The molecule has 0 saturated carbocycles. The fourth-order valence-electron chi connectivity index (χ4n) is 4.23. The molecule has 4 rings (SSSR count). The van der Waals surface area contributed by atoms with Crippen molar-refractivity contribution in [1.82, 2.24) is 20.2 Å². The Bertz CT molecular complexity index is 1570. The molecule has 0 radical (unpaired) electrons. The number of para-hydroxylation sites is 1. The highest BCUT2D eigenvalue weighted by molar-refractivity contribution is 7.99. The molecule has 214 valence electrons. The molecule has 0 saturated heterocycles. The van der Waals surface area contributed by atoms with E-state index in [4.69, 9.17) is 9.47 Å². The summed E-state index contributed by atoms with van der Waals surface area (Å²) >= 11 is 1.18. The van der Waals surface area contributed by atoms with Crippen LogP contribution in [-0.2, 0) is 29.1 Å². The maximum atomic E-state index is 13.3. The van der Waals surface area contributed by atoms with E-state index in [0.717, 1.165) is 16.7 Å². The second-order valence-electron chi connectivity index (χ2n) is 9.46. The lowest BCUT2D eigenvalue weighted by atomic mass is 10.1. The number of hydrogen-bond acceptors (Lipinski definition) is 7. The average Bonchev–Trinajstić information content (AvgIpc) is 2.99. The lowest BCUT2D eigenvalue weighted by Gasteiger charge is -2.13. The number of nitrogens with one attached hydrogen (secondary N) is 2. The molecule has 0 bridgehead atoms. The van der Waals surface area contributed by atoms with E-state index >= 15 is 0 Å². The molecule has 2 N–H and O–H groups in total. The second-order valence-corrected chi connectivity index (χ2v) is 10.4. The van der Waals surface area contributed by atoms with Crippen molar-refractivity contribution in [1.29, 1.82) is 0 Å². The number of fused-ring (bicyclic) bond motifs is 1. The number of carbonyl (C=O) groups is 2. The highest BCUT2D eigenvalue weighted by atomic mass is 32.2. The molecule has 0 unspecified atom stereocenters. The number of amides is 2. The van der Waals surface area contributed by atoms with Crippen LogP contribution in [0.25, 0.3) is 10.9 Å². The number of aryl methyl sites for hydroxylation is 1. The van der Waals surface area contributed by atoms with Crippen molar-refractivity contribution in [3.63, 3.8) is 0 Å². The van der Waals surface area contributed by atoms with Crippen molar-refractivity contribution in [2.24, 2.45) is 0 Å². The first-order valence-electron chi connectivity index (χ1n) is 13.3. The highest BCUT2D eigenvalue weighted by Crippen LogP contribution is 2.27. The van der Waals surface area contributed by atoms with Crippen molar-refractivity contribution < 1.29 is 19.1 Å². The van der Waals surface area contributed by atoms with Gasteiger partial charge in [-0.1, -0.05) is 59.8 Å².